The molecule has 0 spiro atoms. The van der Waals surface area contributed by atoms with E-state index in [4.69, 9.17) is 5.73 Å². The molecule has 4 rings (SSSR count). The summed E-state index contributed by atoms with van der Waals surface area (Å²) in [6, 6.07) is 26.3. The van der Waals surface area contributed by atoms with Crippen LogP contribution in [0.5, 0.6) is 0 Å². The molecule has 2 aromatic heterocycles. The van der Waals surface area contributed by atoms with Crippen molar-refractivity contribution >= 4 is 22.7 Å². The minimum absolute atomic E-state index is 0.228. The van der Waals surface area contributed by atoms with Gasteiger partial charge in [-0.15, -0.1) is 22.7 Å². The minimum atomic E-state index is 0.228. The maximum Gasteiger partial charge on any atom is 0.0348 e. The van der Waals surface area contributed by atoms with Gasteiger partial charge in [0.25, 0.3) is 0 Å². The van der Waals surface area contributed by atoms with Gasteiger partial charge in [0, 0.05) is 19.5 Å². The molecule has 0 atom stereocenters. The molecule has 3 heteroatoms. The zero-order chi connectivity index (χ0) is 25.6. The van der Waals surface area contributed by atoms with Crippen LogP contribution in [0.4, 0.5) is 0 Å². The summed E-state index contributed by atoms with van der Waals surface area (Å²) in [6.45, 7) is 16.5. The molecule has 2 heterocycles. The van der Waals surface area contributed by atoms with Crippen LogP contribution in [-0.4, -0.2) is 6.54 Å². The fourth-order valence-electron chi connectivity index (χ4n) is 3.97. The van der Waals surface area contributed by atoms with Crippen LogP contribution in [0.3, 0.4) is 0 Å². The summed E-state index contributed by atoms with van der Waals surface area (Å²) in [5, 5.41) is 0. The fourth-order valence-corrected chi connectivity index (χ4v) is 6.22. The number of hydrogen-bond acceptors (Lipinski definition) is 3. The van der Waals surface area contributed by atoms with Gasteiger partial charge in [0.1, 0.15) is 0 Å². The monoisotopic (exact) mass is 503 g/mol. The van der Waals surface area contributed by atoms with E-state index < -0.39 is 0 Å². The first kappa shape index (κ1) is 27.4. The molecule has 4 aromatic rings. The lowest BCUT2D eigenvalue weighted by molar-refractivity contribution is 0.603. The number of aryl methyl sites for hydroxylation is 1. The molecule has 0 amide bonds. The van der Waals surface area contributed by atoms with Gasteiger partial charge in [-0.3, -0.25) is 0 Å². The van der Waals surface area contributed by atoms with Gasteiger partial charge in [0.2, 0.25) is 0 Å². The normalized spacial score (nSPS) is 11.8. The Morgan fingerprint density at radius 3 is 1.43 bits per heavy atom. The van der Waals surface area contributed by atoms with Crippen LogP contribution < -0.4 is 5.73 Å². The highest BCUT2D eigenvalue weighted by Crippen LogP contribution is 2.37. The molecule has 0 aliphatic carbocycles. The van der Waals surface area contributed by atoms with Gasteiger partial charge in [-0.05, 0) is 76.7 Å². The Hall–Kier alpha value is -2.20. The lowest BCUT2D eigenvalue weighted by atomic mass is 9.95. The Labute approximate surface area is 221 Å². The highest BCUT2D eigenvalue weighted by atomic mass is 32.1. The third kappa shape index (κ3) is 7.16. The molecular formula is C32H41NS2. The van der Waals surface area contributed by atoms with Crippen molar-refractivity contribution in [1.29, 1.82) is 0 Å². The van der Waals surface area contributed by atoms with Gasteiger partial charge in [-0.2, -0.15) is 0 Å². The van der Waals surface area contributed by atoms with E-state index in [2.05, 4.69) is 121 Å². The van der Waals surface area contributed by atoms with Crippen molar-refractivity contribution in [2.75, 3.05) is 6.54 Å². The summed E-state index contributed by atoms with van der Waals surface area (Å²) in [5.74, 6) is 0. The van der Waals surface area contributed by atoms with E-state index in [-0.39, 0.29) is 10.8 Å². The predicted octanol–water partition coefficient (Wildman–Crippen LogP) is 9.49. The van der Waals surface area contributed by atoms with E-state index in [1.807, 2.05) is 22.7 Å². The van der Waals surface area contributed by atoms with Gasteiger partial charge >= 0.3 is 0 Å². The average molecular weight is 504 g/mol. The minimum Gasteiger partial charge on any atom is -0.330 e. The van der Waals surface area contributed by atoms with Crippen LogP contribution in [0.25, 0.3) is 20.9 Å². The molecule has 0 fully saturated rings. The molecule has 0 unspecified atom stereocenters. The van der Waals surface area contributed by atoms with Gasteiger partial charge in [0.15, 0.2) is 0 Å². The van der Waals surface area contributed by atoms with Crippen molar-refractivity contribution in [3.63, 3.8) is 0 Å². The van der Waals surface area contributed by atoms with Gasteiger partial charge < -0.3 is 5.73 Å². The average Bonchev–Trinajstić information content (AvgIpc) is 3.50. The lowest BCUT2D eigenvalue weighted by Gasteiger charge is -2.15. The molecule has 1 nitrogen and oxygen atoms in total. The molecule has 0 saturated carbocycles. The zero-order valence-corrected chi connectivity index (χ0v) is 24.1. The Bertz CT molecular complexity index is 1210. The molecule has 0 bridgehead atoms. The Morgan fingerprint density at radius 2 is 1.03 bits per heavy atom. The third-order valence-corrected chi connectivity index (χ3v) is 9.14. The number of benzene rings is 2. The summed E-state index contributed by atoms with van der Waals surface area (Å²) in [6.07, 6.45) is 2.04. The highest BCUT2D eigenvalue weighted by Gasteiger charge is 2.18. The summed E-state index contributed by atoms with van der Waals surface area (Å²) in [7, 11) is 0. The number of thiophene rings is 2. The first-order valence-corrected chi connectivity index (χ1v) is 14.2. The summed E-state index contributed by atoms with van der Waals surface area (Å²) in [5.41, 5.74) is 11.7. The van der Waals surface area contributed by atoms with Crippen LogP contribution >= 0.6 is 22.7 Å². The van der Waals surface area contributed by atoms with Gasteiger partial charge in [-0.1, -0.05) is 97.0 Å². The third-order valence-electron chi connectivity index (χ3n) is 6.05. The highest BCUT2D eigenvalue weighted by molar-refractivity contribution is 7.16. The Balaban J connectivity index is 0.000000196. The van der Waals surface area contributed by atoms with Crippen molar-refractivity contribution in [3.05, 3.63) is 93.7 Å². The summed E-state index contributed by atoms with van der Waals surface area (Å²) in [4.78, 5) is 5.63. The summed E-state index contributed by atoms with van der Waals surface area (Å²) >= 11 is 3.81. The van der Waals surface area contributed by atoms with Gasteiger partial charge in [-0.25, -0.2) is 0 Å². The second-order valence-electron chi connectivity index (χ2n) is 11.0. The Kier molecular flexibility index (Phi) is 9.15. The van der Waals surface area contributed by atoms with E-state index in [1.54, 1.807) is 0 Å². The molecule has 2 aromatic carbocycles. The second kappa shape index (κ2) is 11.7. The topological polar surface area (TPSA) is 26.0 Å². The van der Waals surface area contributed by atoms with E-state index in [1.165, 1.54) is 41.8 Å². The van der Waals surface area contributed by atoms with E-state index in [9.17, 15) is 0 Å². The van der Waals surface area contributed by atoms with Crippen molar-refractivity contribution in [2.24, 2.45) is 5.73 Å². The summed E-state index contributed by atoms with van der Waals surface area (Å²) < 4.78 is 0. The molecular weight excluding hydrogens is 462 g/mol. The Morgan fingerprint density at radius 1 is 0.600 bits per heavy atom. The van der Waals surface area contributed by atoms with Crippen LogP contribution in [-0.2, 0) is 23.7 Å². The van der Waals surface area contributed by atoms with Crippen molar-refractivity contribution in [3.8, 4) is 20.9 Å². The molecule has 35 heavy (non-hydrogen) atoms. The number of hydrogen-bond donors (Lipinski definition) is 1. The van der Waals surface area contributed by atoms with Crippen molar-refractivity contribution in [1.82, 2.24) is 0 Å². The van der Waals surface area contributed by atoms with Gasteiger partial charge in [0.05, 0.1) is 0 Å². The maximum atomic E-state index is 5.69. The van der Waals surface area contributed by atoms with Crippen molar-refractivity contribution < 1.29 is 0 Å². The van der Waals surface area contributed by atoms with Crippen molar-refractivity contribution in [2.45, 2.75) is 72.1 Å². The lowest BCUT2D eigenvalue weighted by Crippen LogP contribution is -2.07. The quantitative estimate of drug-likeness (QED) is 0.288. The molecule has 0 radical (unpaired) electrons. The number of rotatable bonds is 5. The molecule has 0 aliphatic heterocycles. The first-order valence-electron chi connectivity index (χ1n) is 12.6. The standard InChI is InChI=1S/C16H21NS.C16H20S/c1-16(2,3)15-9-8-14(18-15)13-7-5-4-6-12(13)10-11-17;1-5-12-8-6-7-9-13(12)14-10-11-15(17-14)16(2,3)4/h4-9H,10-11,17H2,1-3H3;6-11H,5H2,1-4H3. The number of nitrogens with two attached hydrogens (primary N) is 1. The first-order chi connectivity index (χ1) is 16.5. The van der Waals surface area contributed by atoms with Crippen LogP contribution in [0, 0.1) is 0 Å². The maximum absolute atomic E-state index is 5.69. The van der Waals surface area contributed by atoms with E-state index >= 15 is 0 Å². The van der Waals surface area contributed by atoms with E-state index in [0.717, 1.165) is 12.8 Å². The van der Waals surface area contributed by atoms with Crippen LogP contribution in [0.2, 0.25) is 0 Å². The van der Waals surface area contributed by atoms with Crippen LogP contribution in [0.15, 0.2) is 72.8 Å². The second-order valence-corrected chi connectivity index (χ2v) is 13.2. The fraction of sp³-hybridized carbons (Fsp3) is 0.375. The molecule has 0 saturated heterocycles. The molecule has 2 N–H and O–H groups in total. The zero-order valence-electron chi connectivity index (χ0n) is 22.4. The predicted molar refractivity (Wildman–Crippen MR) is 159 cm³/mol. The van der Waals surface area contributed by atoms with Crippen LogP contribution in [0.1, 0.15) is 69.3 Å². The molecule has 186 valence electrons. The van der Waals surface area contributed by atoms with E-state index in [0.29, 0.717) is 6.54 Å². The SMILES string of the molecule is CC(C)(C)c1ccc(-c2ccccc2CCN)s1.CCc1ccccc1-c1ccc(C(C)(C)C)s1. The smallest absolute Gasteiger partial charge is 0.0348 e. The molecule has 0 aliphatic rings. The largest absolute Gasteiger partial charge is 0.330 e.